The van der Waals surface area contributed by atoms with Gasteiger partial charge in [-0.15, -0.1) is 0 Å². The Morgan fingerprint density at radius 3 is 2.03 bits per heavy atom. The standard InChI is InChI=1S/C19H36NO9P/c1-5-7-9-26-18-15(11-28-14(4)22)29-16(12-30(23,24)25)17(20-13(3)21)19(18)27-10-8-6-2/h15-19H,5-12H2,1-4H3,(H,20,21)(H2,23,24,25)/t15?,16-,17?,18-,19-/m1/s1. The summed E-state index contributed by atoms with van der Waals surface area (Å²) >= 11 is 0. The maximum Gasteiger partial charge on any atom is 0.328 e. The molecule has 176 valence electrons. The fourth-order valence-electron chi connectivity index (χ4n) is 3.28. The Hall–Kier alpha value is -1.03. The summed E-state index contributed by atoms with van der Waals surface area (Å²) in [6.07, 6.45) is -0.493. The molecule has 30 heavy (non-hydrogen) atoms. The molecular weight excluding hydrogens is 417 g/mol. The molecule has 3 N–H and O–H groups in total. The first-order valence-electron chi connectivity index (χ1n) is 10.4. The molecule has 1 heterocycles. The smallest absolute Gasteiger partial charge is 0.328 e. The van der Waals surface area contributed by atoms with Crippen molar-refractivity contribution in [3.05, 3.63) is 0 Å². The minimum atomic E-state index is -4.46. The second kappa shape index (κ2) is 13.4. The summed E-state index contributed by atoms with van der Waals surface area (Å²) in [5.41, 5.74) is 0. The lowest BCUT2D eigenvalue weighted by atomic mass is 9.92. The molecule has 0 bridgehead atoms. The number of carbonyl (C=O) groups excluding carboxylic acids is 2. The average molecular weight is 453 g/mol. The van der Waals surface area contributed by atoms with Crippen LogP contribution in [0.25, 0.3) is 0 Å². The third-order valence-electron chi connectivity index (χ3n) is 4.65. The Balaban J connectivity index is 3.23. The molecular formula is C19H36NO9P. The predicted octanol–water partition coefficient (Wildman–Crippen LogP) is 1.37. The number of rotatable bonds is 13. The molecule has 5 atom stereocenters. The van der Waals surface area contributed by atoms with Crippen LogP contribution in [0.2, 0.25) is 0 Å². The largest absolute Gasteiger partial charge is 0.463 e. The number of unbranched alkanes of at least 4 members (excludes halogenated alkanes) is 2. The van der Waals surface area contributed by atoms with E-state index in [4.69, 9.17) is 18.9 Å². The van der Waals surface area contributed by atoms with E-state index in [9.17, 15) is 23.9 Å². The molecule has 0 radical (unpaired) electrons. The molecule has 2 unspecified atom stereocenters. The first-order chi connectivity index (χ1) is 14.1. The summed E-state index contributed by atoms with van der Waals surface area (Å²) in [7, 11) is -4.46. The van der Waals surface area contributed by atoms with Crippen LogP contribution >= 0.6 is 7.60 Å². The fourth-order valence-corrected chi connectivity index (χ4v) is 4.06. The van der Waals surface area contributed by atoms with Crippen LogP contribution in [0, 0.1) is 0 Å². The van der Waals surface area contributed by atoms with E-state index in [2.05, 4.69) is 5.32 Å². The van der Waals surface area contributed by atoms with Crippen molar-refractivity contribution < 1.29 is 42.9 Å². The van der Waals surface area contributed by atoms with E-state index in [1.54, 1.807) is 0 Å². The van der Waals surface area contributed by atoms with Crippen molar-refractivity contribution in [1.82, 2.24) is 5.32 Å². The van der Waals surface area contributed by atoms with Crippen molar-refractivity contribution >= 4 is 19.5 Å². The maximum absolute atomic E-state index is 11.8. The highest BCUT2D eigenvalue weighted by atomic mass is 31.2. The molecule has 10 nitrogen and oxygen atoms in total. The quantitative estimate of drug-likeness (QED) is 0.214. The molecule has 0 spiro atoms. The third-order valence-corrected chi connectivity index (χ3v) is 5.48. The van der Waals surface area contributed by atoms with Gasteiger partial charge in [-0.1, -0.05) is 26.7 Å². The van der Waals surface area contributed by atoms with E-state index in [-0.39, 0.29) is 12.5 Å². The minimum Gasteiger partial charge on any atom is -0.463 e. The zero-order chi connectivity index (χ0) is 22.7. The van der Waals surface area contributed by atoms with E-state index in [0.29, 0.717) is 13.2 Å². The molecule has 0 aromatic rings. The predicted molar refractivity (Wildman–Crippen MR) is 109 cm³/mol. The summed E-state index contributed by atoms with van der Waals surface area (Å²) in [6, 6.07) is -0.827. The zero-order valence-corrected chi connectivity index (χ0v) is 19.1. The van der Waals surface area contributed by atoms with Gasteiger partial charge in [0.05, 0.1) is 18.3 Å². The van der Waals surface area contributed by atoms with Gasteiger partial charge in [-0.3, -0.25) is 14.2 Å². The van der Waals surface area contributed by atoms with Crippen molar-refractivity contribution in [2.75, 3.05) is 26.0 Å². The van der Waals surface area contributed by atoms with E-state index in [1.165, 1.54) is 13.8 Å². The molecule has 0 aromatic heterocycles. The van der Waals surface area contributed by atoms with Gasteiger partial charge in [0.15, 0.2) is 0 Å². The van der Waals surface area contributed by atoms with Gasteiger partial charge in [-0.25, -0.2) is 0 Å². The van der Waals surface area contributed by atoms with Crippen LogP contribution in [0.3, 0.4) is 0 Å². The zero-order valence-electron chi connectivity index (χ0n) is 18.2. The Labute approximate surface area is 178 Å². The maximum atomic E-state index is 11.8. The summed E-state index contributed by atoms with van der Waals surface area (Å²) in [6.45, 7) is 7.24. The molecule has 1 aliphatic rings. The van der Waals surface area contributed by atoms with Crippen LogP contribution in [-0.2, 0) is 33.1 Å². The Morgan fingerprint density at radius 1 is 1.00 bits per heavy atom. The van der Waals surface area contributed by atoms with Crippen molar-refractivity contribution in [2.45, 2.75) is 83.8 Å². The van der Waals surface area contributed by atoms with Crippen molar-refractivity contribution in [3.8, 4) is 0 Å². The molecule has 1 saturated heterocycles. The lowest BCUT2D eigenvalue weighted by molar-refractivity contribution is -0.222. The Morgan fingerprint density at radius 2 is 1.57 bits per heavy atom. The number of esters is 1. The van der Waals surface area contributed by atoms with Crippen LogP contribution in [0.15, 0.2) is 0 Å². The lowest BCUT2D eigenvalue weighted by Crippen LogP contribution is -2.66. The van der Waals surface area contributed by atoms with Crippen molar-refractivity contribution in [3.63, 3.8) is 0 Å². The van der Waals surface area contributed by atoms with E-state index in [0.717, 1.165) is 25.7 Å². The summed E-state index contributed by atoms with van der Waals surface area (Å²) < 4.78 is 34.8. The normalized spacial score (nSPS) is 26.9. The Kier molecular flexibility index (Phi) is 12.1. The van der Waals surface area contributed by atoms with Gasteiger partial charge in [0.25, 0.3) is 0 Å². The lowest BCUT2D eigenvalue weighted by Gasteiger charge is -2.46. The van der Waals surface area contributed by atoms with Crippen LogP contribution in [0.4, 0.5) is 0 Å². The highest BCUT2D eigenvalue weighted by molar-refractivity contribution is 7.51. The average Bonchev–Trinajstić information content (AvgIpc) is 2.62. The number of ether oxygens (including phenoxy) is 4. The van der Waals surface area contributed by atoms with Crippen LogP contribution < -0.4 is 5.32 Å². The molecule has 0 aliphatic carbocycles. The molecule has 0 saturated carbocycles. The highest BCUT2D eigenvalue weighted by Gasteiger charge is 2.49. The Bertz CT molecular complexity index is 582. The van der Waals surface area contributed by atoms with Crippen LogP contribution in [-0.4, -0.2) is 78.1 Å². The van der Waals surface area contributed by atoms with Crippen molar-refractivity contribution in [1.29, 1.82) is 0 Å². The summed E-state index contributed by atoms with van der Waals surface area (Å²) in [5.74, 6) is -0.890. The number of carbonyl (C=O) groups is 2. The van der Waals surface area contributed by atoms with Crippen LogP contribution in [0.5, 0.6) is 0 Å². The van der Waals surface area contributed by atoms with Crippen LogP contribution in [0.1, 0.15) is 53.4 Å². The monoisotopic (exact) mass is 453 g/mol. The van der Waals surface area contributed by atoms with E-state index in [1.807, 2.05) is 13.8 Å². The van der Waals surface area contributed by atoms with E-state index < -0.39 is 50.2 Å². The first kappa shape index (κ1) is 27.0. The van der Waals surface area contributed by atoms with Gasteiger partial charge in [0.2, 0.25) is 5.91 Å². The van der Waals surface area contributed by atoms with Gasteiger partial charge in [-0.2, -0.15) is 0 Å². The molecule has 1 aliphatic heterocycles. The number of hydrogen-bond donors (Lipinski definition) is 3. The van der Waals surface area contributed by atoms with Gasteiger partial charge >= 0.3 is 13.6 Å². The van der Waals surface area contributed by atoms with Gasteiger partial charge in [0.1, 0.15) is 24.9 Å². The summed E-state index contributed by atoms with van der Waals surface area (Å²) in [4.78, 5) is 42.2. The SMILES string of the molecule is CCCCO[C@@H]1C(COC(C)=O)O[C@H](CP(=O)(O)O)C(NC(C)=O)[C@H]1OCCCC. The van der Waals surface area contributed by atoms with Gasteiger partial charge in [0, 0.05) is 27.1 Å². The van der Waals surface area contributed by atoms with Crippen molar-refractivity contribution in [2.24, 2.45) is 0 Å². The topological polar surface area (TPSA) is 141 Å². The third kappa shape index (κ3) is 9.85. The molecule has 1 rings (SSSR count). The molecule has 0 aromatic carbocycles. The number of nitrogens with one attached hydrogen (secondary N) is 1. The molecule has 1 fully saturated rings. The summed E-state index contributed by atoms with van der Waals surface area (Å²) in [5, 5.41) is 2.72. The second-order valence-corrected chi connectivity index (χ2v) is 9.16. The first-order valence-corrected chi connectivity index (χ1v) is 12.2. The minimum absolute atomic E-state index is 0.149. The van der Waals surface area contributed by atoms with Gasteiger partial charge < -0.3 is 34.1 Å². The number of amides is 1. The second-order valence-electron chi connectivity index (χ2n) is 7.47. The molecule has 11 heteroatoms. The fraction of sp³-hybridized carbons (Fsp3) is 0.895. The van der Waals surface area contributed by atoms with E-state index >= 15 is 0 Å². The van der Waals surface area contributed by atoms with Gasteiger partial charge in [-0.05, 0) is 12.8 Å². The molecule has 1 amide bonds. The number of hydrogen-bond acceptors (Lipinski definition) is 7. The highest BCUT2D eigenvalue weighted by Crippen LogP contribution is 2.39.